The lowest BCUT2D eigenvalue weighted by molar-refractivity contribution is -0.154. The molecule has 2 fully saturated rings. The molecule has 1 N–H and O–H groups in total. The molecule has 0 bridgehead atoms. The van der Waals surface area contributed by atoms with Crippen molar-refractivity contribution in [3.63, 3.8) is 0 Å². The number of esters is 1. The van der Waals surface area contributed by atoms with Gasteiger partial charge in [0, 0.05) is 19.7 Å². The summed E-state index contributed by atoms with van der Waals surface area (Å²) in [5.41, 5.74) is -0.739. The highest BCUT2D eigenvalue weighted by Gasteiger charge is 2.71. The molecular formula is C28H33ClN2O6. The zero-order valence-electron chi connectivity index (χ0n) is 20.8. The van der Waals surface area contributed by atoms with E-state index in [0.717, 1.165) is 19.3 Å². The number of hydrogen-bond donors (Lipinski definition) is 1. The Morgan fingerprint density at radius 2 is 1.89 bits per heavy atom. The van der Waals surface area contributed by atoms with Gasteiger partial charge in [-0.25, -0.2) is 0 Å². The first-order valence-electron chi connectivity index (χ1n) is 13.2. The van der Waals surface area contributed by atoms with Crippen LogP contribution < -0.4 is 4.90 Å². The van der Waals surface area contributed by atoms with E-state index in [-0.39, 0.29) is 25.0 Å². The lowest BCUT2D eigenvalue weighted by Crippen LogP contribution is -2.55. The second-order valence-corrected chi connectivity index (χ2v) is 10.5. The molecule has 2 saturated heterocycles. The van der Waals surface area contributed by atoms with Gasteiger partial charge in [0.05, 0.1) is 29.3 Å². The SMILES string of the molecule is O=C1OCCCC/C=C\[C@H]2O[C@]34C=CCN(c5ccccc5Cl)C(=O)C3N(CCCCCO)C(=O)[C@@H]4[C@@H]12. The van der Waals surface area contributed by atoms with Crippen LogP contribution in [0, 0.1) is 11.8 Å². The summed E-state index contributed by atoms with van der Waals surface area (Å²) in [6.45, 7) is 0.951. The second kappa shape index (κ2) is 11.0. The Bertz CT molecular complexity index is 1110. The van der Waals surface area contributed by atoms with Crippen molar-refractivity contribution in [2.75, 3.05) is 31.2 Å². The van der Waals surface area contributed by atoms with Crippen molar-refractivity contribution in [1.82, 2.24) is 4.90 Å². The van der Waals surface area contributed by atoms with Crippen LogP contribution in [0.5, 0.6) is 0 Å². The van der Waals surface area contributed by atoms with Gasteiger partial charge in [0.1, 0.15) is 17.6 Å². The van der Waals surface area contributed by atoms with E-state index in [0.29, 0.717) is 43.1 Å². The molecule has 0 radical (unpaired) electrons. The molecule has 2 amide bonds. The van der Waals surface area contributed by atoms with E-state index in [1.807, 2.05) is 30.4 Å². The normalized spacial score (nSPS) is 32.4. The van der Waals surface area contributed by atoms with E-state index in [4.69, 9.17) is 21.1 Å². The van der Waals surface area contributed by atoms with Crippen LogP contribution >= 0.6 is 11.6 Å². The highest BCUT2D eigenvalue weighted by Crippen LogP contribution is 2.53. The Kier molecular flexibility index (Phi) is 7.70. The first-order chi connectivity index (χ1) is 18.0. The standard InChI is InChI=1S/C28H33ClN2O6/c29-19-11-5-6-12-20(19)30-16-10-14-28-23(22-21(37-28)13-4-1-2-9-18-36-27(22)35)25(33)31(24(28)26(30)34)15-7-3-8-17-32/h4-6,10-14,21-24,32H,1-3,7-9,15-18H2/b13-4-/t21-,22+,23+,24?,28+/m1/s1. The average Bonchev–Trinajstić information content (AvgIpc) is 3.27. The number of hydrogen-bond acceptors (Lipinski definition) is 6. The van der Waals surface area contributed by atoms with Crippen molar-refractivity contribution < 1.29 is 29.0 Å². The smallest absolute Gasteiger partial charge is 0.312 e. The Morgan fingerprint density at radius 1 is 1.05 bits per heavy atom. The molecule has 4 heterocycles. The Labute approximate surface area is 221 Å². The molecule has 1 unspecified atom stereocenters. The summed E-state index contributed by atoms with van der Waals surface area (Å²) in [7, 11) is 0. The predicted molar refractivity (Wildman–Crippen MR) is 138 cm³/mol. The number of amides is 2. The molecule has 37 heavy (non-hydrogen) atoms. The topological polar surface area (TPSA) is 96.4 Å². The minimum absolute atomic E-state index is 0.0664. The number of carbonyl (C=O) groups is 3. The van der Waals surface area contributed by atoms with Crippen LogP contribution in [0.3, 0.4) is 0 Å². The largest absolute Gasteiger partial charge is 0.465 e. The molecule has 9 heteroatoms. The zero-order valence-corrected chi connectivity index (χ0v) is 21.5. The molecule has 4 aliphatic rings. The molecule has 1 aromatic carbocycles. The zero-order chi connectivity index (χ0) is 26.0. The fourth-order valence-corrected chi connectivity index (χ4v) is 6.35. The van der Waals surface area contributed by atoms with Crippen LogP contribution in [0.25, 0.3) is 0 Å². The fraction of sp³-hybridized carbons (Fsp3) is 0.536. The summed E-state index contributed by atoms with van der Waals surface area (Å²) >= 11 is 6.47. The number of nitrogens with zero attached hydrogens (tertiary/aromatic N) is 2. The van der Waals surface area contributed by atoms with Gasteiger partial charge in [-0.05, 0) is 50.7 Å². The summed E-state index contributed by atoms with van der Waals surface area (Å²) in [5.74, 6) is -2.74. The van der Waals surface area contributed by atoms with E-state index < -0.39 is 35.6 Å². The minimum atomic E-state index is -1.30. The lowest BCUT2D eigenvalue weighted by Gasteiger charge is -2.35. The van der Waals surface area contributed by atoms with Crippen molar-refractivity contribution in [1.29, 1.82) is 0 Å². The monoisotopic (exact) mass is 528 g/mol. The van der Waals surface area contributed by atoms with Crippen molar-refractivity contribution in [2.45, 2.75) is 56.3 Å². The second-order valence-electron chi connectivity index (χ2n) is 10.1. The number of halogens is 1. The third kappa shape index (κ3) is 4.60. The third-order valence-electron chi connectivity index (χ3n) is 7.80. The van der Waals surface area contributed by atoms with Gasteiger partial charge in [0.25, 0.3) is 5.91 Å². The van der Waals surface area contributed by atoms with Crippen LogP contribution in [-0.2, 0) is 23.9 Å². The summed E-state index contributed by atoms with van der Waals surface area (Å²) in [5, 5.41) is 9.64. The van der Waals surface area contributed by atoms with Gasteiger partial charge < -0.3 is 24.4 Å². The molecular weight excluding hydrogens is 496 g/mol. The van der Waals surface area contributed by atoms with Crippen molar-refractivity contribution in [3.8, 4) is 0 Å². The molecule has 1 spiro atoms. The highest BCUT2D eigenvalue weighted by molar-refractivity contribution is 6.34. The maximum atomic E-state index is 14.3. The number of likely N-dealkylation sites (tertiary alicyclic amines) is 1. The number of carbonyl (C=O) groups excluding carboxylic acids is 3. The van der Waals surface area contributed by atoms with Gasteiger partial charge in [-0.1, -0.05) is 48.0 Å². The molecule has 8 nitrogen and oxygen atoms in total. The van der Waals surface area contributed by atoms with E-state index in [2.05, 4.69) is 0 Å². The minimum Gasteiger partial charge on any atom is -0.465 e. The molecule has 5 atom stereocenters. The third-order valence-corrected chi connectivity index (χ3v) is 8.12. The summed E-state index contributed by atoms with van der Waals surface area (Å²) in [6, 6.07) is 6.17. The van der Waals surface area contributed by atoms with Crippen LogP contribution in [-0.4, -0.2) is 71.8 Å². The molecule has 0 aliphatic carbocycles. The molecule has 0 aromatic heterocycles. The number of cyclic esters (lactones) is 1. The summed E-state index contributed by atoms with van der Waals surface area (Å²) in [4.78, 5) is 44.8. The lowest BCUT2D eigenvalue weighted by atomic mass is 9.78. The number of aliphatic hydroxyl groups excluding tert-OH is 1. The number of fused-ring (bicyclic) bond motifs is 2. The summed E-state index contributed by atoms with van der Waals surface area (Å²) < 4.78 is 12.2. The number of unbranched alkanes of at least 4 members (excludes halogenated alkanes) is 2. The fourth-order valence-electron chi connectivity index (χ4n) is 6.11. The van der Waals surface area contributed by atoms with Crippen molar-refractivity contribution in [2.24, 2.45) is 11.8 Å². The van der Waals surface area contributed by atoms with E-state index >= 15 is 0 Å². The molecule has 5 rings (SSSR count). The number of aliphatic hydroxyl groups is 1. The number of ether oxygens (including phenoxy) is 2. The summed E-state index contributed by atoms with van der Waals surface area (Å²) in [6.07, 6.45) is 11.3. The molecule has 1 aromatic rings. The van der Waals surface area contributed by atoms with Gasteiger partial charge >= 0.3 is 5.97 Å². The number of rotatable bonds is 6. The number of anilines is 1. The van der Waals surface area contributed by atoms with Crippen LogP contribution in [0.4, 0.5) is 5.69 Å². The van der Waals surface area contributed by atoms with Gasteiger partial charge in [0.2, 0.25) is 5.91 Å². The predicted octanol–water partition coefficient (Wildman–Crippen LogP) is 3.27. The van der Waals surface area contributed by atoms with Crippen LogP contribution in [0.15, 0.2) is 48.6 Å². The maximum absolute atomic E-state index is 14.3. The Balaban J connectivity index is 1.57. The van der Waals surface area contributed by atoms with Crippen molar-refractivity contribution in [3.05, 3.63) is 53.6 Å². The first kappa shape index (κ1) is 25.9. The number of allylic oxidation sites excluding steroid dienone is 1. The van der Waals surface area contributed by atoms with Gasteiger partial charge in [-0.3, -0.25) is 14.4 Å². The Morgan fingerprint density at radius 3 is 2.70 bits per heavy atom. The highest BCUT2D eigenvalue weighted by atomic mass is 35.5. The van der Waals surface area contributed by atoms with E-state index in [1.165, 1.54) is 0 Å². The van der Waals surface area contributed by atoms with Gasteiger partial charge in [0.15, 0.2) is 0 Å². The van der Waals surface area contributed by atoms with Crippen molar-refractivity contribution >= 4 is 35.1 Å². The van der Waals surface area contributed by atoms with Crippen LogP contribution in [0.1, 0.15) is 38.5 Å². The maximum Gasteiger partial charge on any atom is 0.312 e. The van der Waals surface area contributed by atoms with Gasteiger partial charge in [-0.2, -0.15) is 0 Å². The first-order valence-corrected chi connectivity index (χ1v) is 13.5. The van der Waals surface area contributed by atoms with Crippen LogP contribution in [0.2, 0.25) is 5.02 Å². The van der Waals surface area contributed by atoms with Gasteiger partial charge in [-0.15, -0.1) is 0 Å². The van der Waals surface area contributed by atoms with E-state index in [9.17, 15) is 19.5 Å². The number of para-hydroxylation sites is 1. The molecule has 0 saturated carbocycles. The Hall–Kier alpha value is -2.68. The number of benzene rings is 1. The quantitative estimate of drug-likeness (QED) is 0.346. The average molecular weight is 529 g/mol. The molecule has 198 valence electrons. The molecule has 4 aliphatic heterocycles. The van der Waals surface area contributed by atoms with E-state index in [1.54, 1.807) is 28.0 Å².